The lowest BCUT2D eigenvalue weighted by Crippen LogP contribution is -2.11. The molecule has 18 heavy (non-hydrogen) atoms. The Kier molecular flexibility index (Phi) is 3.60. The van der Waals surface area contributed by atoms with Gasteiger partial charge in [0.25, 0.3) is 5.91 Å². The van der Waals surface area contributed by atoms with E-state index in [2.05, 4.69) is 5.32 Å². The number of nitriles is 1. The van der Waals surface area contributed by atoms with Gasteiger partial charge in [-0.1, -0.05) is 6.07 Å². The number of hydrogen-bond donors (Lipinski definition) is 1. The second-order valence-electron chi connectivity index (χ2n) is 3.46. The van der Waals surface area contributed by atoms with E-state index >= 15 is 0 Å². The zero-order chi connectivity index (χ0) is 13.0. The van der Waals surface area contributed by atoms with Gasteiger partial charge in [0.15, 0.2) is 0 Å². The van der Waals surface area contributed by atoms with E-state index in [1.54, 1.807) is 24.3 Å². The fourth-order valence-electron chi connectivity index (χ4n) is 1.46. The maximum Gasteiger partial charge on any atom is 0.265 e. The molecule has 2 aromatic rings. The van der Waals surface area contributed by atoms with Crippen LogP contribution in [0.5, 0.6) is 5.75 Å². The SMILES string of the molecule is COc1cc(C#N)ccc1NC(=O)c1cccs1. The Morgan fingerprint density at radius 2 is 2.28 bits per heavy atom. The maximum absolute atomic E-state index is 11.9. The number of nitrogens with one attached hydrogen (secondary N) is 1. The molecule has 5 heteroatoms. The smallest absolute Gasteiger partial charge is 0.265 e. The topological polar surface area (TPSA) is 62.1 Å². The highest BCUT2D eigenvalue weighted by molar-refractivity contribution is 7.12. The van der Waals surface area contributed by atoms with Gasteiger partial charge in [-0.15, -0.1) is 11.3 Å². The maximum atomic E-state index is 11.9. The van der Waals surface area contributed by atoms with Gasteiger partial charge in [0, 0.05) is 6.07 Å². The van der Waals surface area contributed by atoms with Crippen molar-refractivity contribution in [2.24, 2.45) is 0 Å². The normalized spacial score (nSPS) is 9.56. The first-order chi connectivity index (χ1) is 8.74. The summed E-state index contributed by atoms with van der Waals surface area (Å²) in [5.41, 5.74) is 1.04. The van der Waals surface area contributed by atoms with E-state index in [-0.39, 0.29) is 5.91 Å². The zero-order valence-electron chi connectivity index (χ0n) is 9.64. The molecular formula is C13H10N2O2S. The van der Waals surface area contributed by atoms with Crippen LogP contribution in [0.1, 0.15) is 15.2 Å². The number of rotatable bonds is 3. The van der Waals surface area contributed by atoms with Crippen molar-refractivity contribution in [3.05, 3.63) is 46.2 Å². The van der Waals surface area contributed by atoms with Gasteiger partial charge < -0.3 is 10.1 Å². The zero-order valence-corrected chi connectivity index (χ0v) is 10.5. The summed E-state index contributed by atoms with van der Waals surface area (Å²) in [6.45, 7) is 0. The summed E-state index contributed by atoms with van der Waals surface area (Å²) < 4.78 is 5.14. The molecule has 0 aliphatic rings. The number of methoxy groups -OCH3 is 1. The number of amides is 1. The van der Waals surface area contributed by atoms with E-state index in [1.165, 1.54) is 18.4 Å². The number of nitrogens with zero attached hydrogens (tertiary/aromatic N) is 1. The van der Waals surface area contributed by atoms with Crippen molar-refractivity contribution in [1.29, 1.82) is 5.26 Å². The molecule has 1 heterocycles. The van der Waals surface area contributed by atoms with Gasteiger partial charge in [-0.2, -0.15) is 5.26 Å². The van der Waals surface area contributed by atoms with Gasteiger partial charge in [0.2, 0.25) is 0 Å². The quantitative estimate of drug-likeness (QED) is 0.920. The predicted octanol–water partition coefficient (Wildman–Crippen LogP) is 2.88. The van der Waals surface area contributed by atoms with Crippen LogP contribution in [0.3, 0.4) is 0 Å². The van der Waals surface area contributed by atoms with Gasteiger partial charge in [0.05, 0.1) is 29.3 Å². The van der Waals surface area contributed by atoms with E-state index in [4.69, 9.17) is 10.00 Å². The van der Waals surface area contributed by atoms with E-state index in [9.17, 15) is 4.79 Å². The standard InChI is InChI=1S/C13H10N2O2S/c1-17-11-7-9(8-14)4-5-10(11)15-13(16)12-3-2-6-18-12/h2-7H,1H3,(H,15,16). The van der Waals surface area contributed by atoms with Crippen LogP contribution < -0.4 is 10.1 Å². The fraction of sp³-hybridized carbons (Fsp3) is 0.0769. The molecule has 1 aromatic carbocycles. The van der Waals surface area contributed by atoms with Crippen LogP contribution in [0.2, 0.25) is 0 Å². The molecule has 0 aliphatic heterocycles. The van der Waals surface area contributed by atoms with Crippen molar-refractivity contribution in [1.82, 2.24) is 0 Å². The van der Waals surface area contributed by atoms with Crippen molar-refractivity contribution in [2.45, 2.75) is 0 Å². The van der Waals surface area contributed by atoms with Crippen LogP contribution in [0.4, 0.5) is 5.69 Å². The van der Waals surface area contributed by atoms with Crippen LogP contribution in [-0.2, 0) is 0 Å². The number of carbonyl (C=O) groups excluding carboxylic acids is 1. The average molecular weight is 258 g/mol. The molecule has 0 bridgehead atoms. The molecule has 0 saturated heterocycles. The monoisotopic (exact) mass is 258 g/mol. The minimum absolute atomic E-state index is 0.187. The summed E-state index contributed by atoms with van der Waals surface area (Å²) in [5, 5.41) is 13.4. The Bertz CT molecular complexity index is 600. The van der Waals surface area contributed by atoms with E-state index in [0.717, 1.165) is 0 Å². The molecule has 0 radical (unpaired) electrons. The molecule has 1 amide bonds. The molecule has 0 atom stereocenters. The van der Waals surface area contributed by atoms with Gasteiger partial charge in [-0.25, -0.2) is 0 Å². The van der Waals surface area contributed by atoms with E-state index < -0.39 is 0 Å². The third-order valence-electron chi connectivity index (χ3n) is 2.32. The van der Waals surface area contributed by atoms with Gasteiger partial charge in [-0.3, -0.25) is 4.79 Å². The van der Waals surface area contributed by atoms with Crippen LogP contribution >= 0.6 is 11.3 Å². The van der Waals surface area contributed by atoms with Crippen molar-refractivity contribution in [3.63, 3.8) is 0 Å². The Morgan fingerprint density at radius 1 is 1.44 bits per heavy atom. The number of benzene rings is 1. The number of thiophene rings is 1. The Balaban J connectivity index is 2.24. The lowest BCUT2D eigenvalue weighted by Gasteiger charge is -2.09. The highest BCUT2D eigenvalue weighted by Crippen LogP contribution is 2.26. The molecule has 0 unspecified atom stereocenters. The summed E-state index contributed by atoms with van der Waals surface area (Å²) >= 11 is 1.37. The molecular weight excluding hydrogens is 248 g/mol. The largest absolute Gasteiger partial charge is 0.495 e. The molecule has 4 nitrogen and oxygen atoms in total. The number of anilines is 1. The molecule has 0 fully saturated rings. The summed E-state index contributed by atoms with van der Waals surface area (Å²) in [6, 6.07) is 10.5. The van der Waals surface area contributed by atoms with E-state index in [1.807, 2.05) is 17.5 Å². The average Bonchev–Trinajstić information content (AvgIpc) is 2.93. The second kappa shape index (κ2) is 5.34. The Hall–Kier alpha value is -2.32. The molecule has 90 valence electrons. The van der Waals surface area contributed by atoms with Crippen LogP contribution in [0.15, 0.2) is 35.7 Å². The highest BCUT2D eigenvalue weighted by atomic mass is 32.1. The Labute approximate surface area is 108 Å². The molecule has 0 spiro atoms. The summed E-state index contributed by atoms with van der Waals surface area (Å²) in [5.74, 6) is 0.284. The fourth-order valence-corrected chi connectivity index (χ4v) is 2.07. The van der Waals surface area contributed by atoms with E-state index in [0.29, 0.717) is 21.9 Å². The third kappa shape index (κ3) is 2.50. The molecule has 1 aromatic heterocycles. The predicted molar refractivity (Wildman–Crippen MR) is 70.0 cm³/mol. The summed E-state index contributed by atoms with van der Waals surface area (Å²) in [6.07, 6.45) is 0. The van der Waals surface area contributed by atoms with Gasteiger partial charge in [-0.05, 0) is 23.6 Å². The first-order valence-corrected chi connectivity index (χ1v) is 6.05. The minimum atomic E-state index is -0.187. The van der Waals surface area contributed by atoms with Crippen molar-refractivity contribution in [2.75, 3.05) is 12.4 Å². The molecule has 1 N–H and O–H groups in total. The number of hydrogen-bond acceptors (Lipinski definition) is 4. The summed E-state index contributed by atoms with van der Waals surface area (Å²) in [7, 11) is 1.50. The summed E-state index contributed by atoms with van der Waals surface area (Å²) in [4.78, 5) is 12.5. The van der Waals surface area contributed by atoms with Crippen molar-refractivity contribution < 1.29 is 9.53 Å². The van der Waals surface area contributed by atoms with Crippen LogP contribution in [0.25, 0.3) is 0 Å². The second-order valence-corrected chi connectivity index (χ2v) is 4.41. The van der Waals surface area contributed by atoms with Crippen molar-refractivity contribution in [3.8, 4) is 11.8 Å². The van der Waals surface area contributed by atoms with Crippen LogP contribution in [0, 0.1) is 11.3 Å². The van der Waals surface area contributed by atoms with Crippen molar-refractivity contribution >= 4 is 22.9 Å². The molecule has 2 rings (SSSR count). The van der Waals surface area contributed by atoms with Gasteiger partial charge in [0.1, 0.15) is 5.75 Å². The Morgan fingerprint density at radius 3 is 2.89 bits per heavy atom. The van der Waals surface area contributed by atoms with Crippen LogP contribution in [-0.4, -0.2) is 13.0 Å². The molecule has 0 saturated carbocycles. The van der Waals surface area contributed by atoms with Gasteiger partial charge >= 0.3 is 0 Å². The first-order valence-electron chi connectivity index (χ1n) is 5.17. The lowest BCUT2D eigenvalue weighted by molar-refractivity contribution is 0.103. The minimum Gasteiger partial charge on any atom is -0.495 e. The lowest BCUT2D eigenvalue weighted by atomic mass is 10.2. The number of ether oxygens (including phenoxy) is 1. The highest BCUT2D eigenvalue weighted by Gasteiger charge is 2.10. The third-order valence-corrected chi connectivity index (χ3v) is 3.19. The first kappa shape index (κ1) is 12.1. The number of carbonyl (C=O) groups is 1. The molecule has 0 aliphatic carbocycles.